The number of hydrogen-bond acceptors (Lipinski definition) is 2. The molecule has 1 aliphatic carbocycles. The molecule has 0 aromatic heterocycles. The number of halogens is 3. The van der Waals surface area contributed by atoms with E-state index in [1.165, 1.54) is 12.1 Å². The van der Waals surface area contributed by atoms with Gasteiger partial charge in [-0.2, -0.15) is 8.78 Å². The maximum Gasteiger partial charge on any atom is 0.387 e. The van der Waals surface area contributed by atoms with Crippen molar-refractivity contribution in [3.8, 4) is 5.75 Å². The van der Waals surface area contributed by atoms with Gasteiger partial charge in [0.1, 0.15) is 11.5 Å². The molecule has 0 N–H and O–H groups in total. The van der Waals surface area contributed by atoms with Crippen LogP contribution in [0.15, 0.2) is 35.4 Å². The van der Waals surface area contributed by atoms with Gasteiger partial charge in [-0.3, -0.25) is 4.79 Å². The zero-order chi connectivity index (χ0) is 15.6. The minimum absolute atomic E-state index is 0.0337. The van der Waals surface area contributed by atoms with Crippen LogP contribution in [0.2, 0.25) is 0 Å². The third-order valence-electron chi connectivity index (χ3n) is 3.71. The van der Waals surface area contributed by atoms with E-state index < -0.39 is 12.5 Å². The van der Waals surface area contributed by atoms with Gasteiger partial charge >= 0.3 is 6.61 Å². The van der Waals surface area contributed by atoms with Gasteiger partial charge in [-0.1, -0.05) is 43.7 Å². The van der Waals surface area contributed by atoms with Gasteiger partial charge in [0, 0.05) is 11.0 Å². The topological polar surface area (TPSA) is 26.3 Å². The van der Waals surface area contributed by atoms with Gasteiger partial charge < -0.3 is 4.74 Å². The monoisotopic (exact) mass is 314 g/mol. The Morgan fingerprint density at radius 1 is 1.33 bits per heavy atom. The molecule has 5 heteroatoms. The Morgan fingerprint density at radius 2 is 2.05 bits per heavy atom. The number of carbonyl (C=O) groups excluding carboxylic acids is 1. The molecule has 2 rings (SSSR count). The van der Waals surface area contributed by atoms with Crippen molar-refractivity contribution >= 4 is 17.4 Å². The lowest BCUT2D eigenvalue weighted by molar-refractivity contribution is -0.125. The third-order valence-corrected chi connectivity index (χ3v) is 4.09. The number of alkyl halides is 2. The fraction of sp³-hybridized carbons (Fsp3) is 0.438. The summed E-state index contributed by atoms with van der Waals surface area (Å²) in [5.74, 6) is -0.411. The highest BCUT2D eigenvalue weighted by atomic mass is 35.5. The molecule has 2 atom stereocenters. The summed E-state index contributed by atoms with van der Waals surface area (Å²) < 4.78 is 29.0. The molecule has 0 amide bonds. The van der Waals surface area contributed by atoms with Gasteiger partial charge in [0.05, 0.1) is 5.92 Å². The predicted octanol–water partition coefficient (Wildman–Crippen LogP) is 4.74. The first-order valence-corrected chi connectivity index (χ1v) is 7.22. The molecule has 0 bridgehead atoms. The summed E-state index contributed by atoms with van der Waals surface area (Å²) in [6, 6.07) is 6.18. The number of benzene rings is 1. The van der Waals surface area contributed by atoms with Crippen LogP contribution in [0.1, 0.15) is 31.7 Å². The summed E-state index contributed by atoms with van der Waals surface area (Å²) >= 11 is 6.19. The average Bonchev–Trinajstić information content (AvgIpc) is 2.38. The number of ketones is 1. The molecule has 2 unspecified atom stereocenters. The van der Waals surface area contributed by atoms with Crippen molar-refractivity contribution in [1.82, 2.24) is 0 Å². The highest BCUT2D eigenvalue weighted by Crippen LogP contribution is 2.39. The zero-order valence-corrected chi connectivity index (χ0v) is 12.6. The maximum absolute atomic E-state index is 12.6. The van der Waals surface area contributed by atoms with E-state index in [9.17, 15) is 13.6 Å². The number of ether oxygens (including phenoxy) is 1. The van der Waals surface area contributed by atoms with Gasteiger partial charge in [0.25, 0.3) is 0 Å². The first-order valence-electron chi connectivity index (χ1n) is 6.84. The van der Waals surface area contributed by atoms with Crippen LogP contribution in [0.3, 0.4) is 0 Å². The van der Waals surface area contributed by atoms with Crippen LogP contribution in [0, 0.1) is 11.8 Å². The first-order chi connectivity index (χ1) is 9.90. The van der Waals surface area contributed by atoms with E-state index in [1.54, 1.807) is 12.1 Å². The van der Waals surface area contributed by atoms with Gasteiger partial charge in [-0.25, -0.2) is 0 Å². The number of Topliss-reactive ketones (excluding diaryl/α,β-unsaturated/α-hetero) is 1. The van der Waals surface area contributed by atoms with Crippen LogP contribution in [0.4, 0.5) is 8.78 Å². The molecule has 21 heavy (non-hydrogen) atoms. The van der Waals surface area contributed by atoms with E-state index in [-0.39, 0.29) is 23.4 Å². The van der Waals surface area contributed by atoms with Crippen LogP contribution in [-0.2, 0) is 4.79 Å². The molecule has 1 aromatic rings. The summed E-state index contributed by atoms with van der Waals surface area (Å²) in [5, 5.41) is 0.450. The molecule has 0 fully saturated rings. The number of allylic oxidation sites excluding steroid dienone is 2. The van der Waals surface area contributed by atoms with Crippen molar-refractivity contribution < 1.29 is 18.3 Å². The lowest BCUT2D eigenvalue weighted by Gasteiger charge is -2.28. The second-order valence-corrected chi connectivity index (χ2v) is 5.90. The summed E-state index contributed by atoms with van der Waals surface area (Å²) in [6.45, 7) is 1.09. The Bertz CT molecular complexity index is 555. The van der Waals surface area contributed by atoms with Crippen LogP contribution >= 0.6 is 11.6 Å². The molecule has 0 spiro atoms. The second kappa shape index (κ2) is 6.56. The van der Waals surface area contributed by atoms with E-state index in [0.717, 1.165) is 0 Å². The molecular formula is C16H17ClF2O2. The second-order valence-electron chi connectivity index (χ2n) is 5.46. The molecule has 0 saturated heterocycles. The van der Waals surface area contributed by atoms with E-state index in [2.05, 4.69) is 4.74 Å². The van der Waals surface area contributed by atoms with Crippen molar-refractivity contribution in [3.05, 3.63) is 40.9 Å². The fourth-order valence-corrected chi connectivity index (χ4v) is 2.94. The Morgan fingerprint density at radius 3 is 2.67 bits per heavy atom. The van der Waals surface area contributed by atoms with Crippen molar-refractivity contribution in [1.29, 1.82) is 0 Å². The van der Waals surface area contributed by atoms with Crippen LogP contribution < -0.4 is 4.74 Å². The highest BCUT2D eigenvalue weighted by Gasteiger charge is 2.35. The predicted molar refractivity (Wildman–Crippen MR) is 77.7 cm³/mol. The number of hydrogen-bond donors (Lipinski definition) is 0. The minimum atomic E-state index is -2.89. The smallest absolute Gasteiger partial charge is 0.387 e. The SMILES string of the molecule is CC(C)C1CC=C(Cl)C(c2cccc(OC(F)F)c2)C1=O. The molecular weight excluding hydrogens is 298 g/mol. The standard InChI is InChI=1S/C16H17ClF2O2/c1-9(2)12-6-7-13(17)14(15(12)20)10-4-3-5-11(8-10)21-16(18)19/h3-5,7-9,12,14,16H,6H2,1-2H3. The van der Waals surface area contributed by atoms with Gasteiger partial charge in [0.15, 0.2) is 0 Å². The number of rotatable bonds is 4. The molecule has 0 aliphatic heterocycles. The zero-order valence-electron chi connectivity index (χ0n) is 11.9. The average molecular weight is 315 g/mol. The molecule has 1 aliphatic rings. The van der Waals surface area contributed by atoms with Crippen molar-refractivity contribution in [3.63, 3.8) is 0 Å². The minimum Gasteiger partial charge on any atom is -0.435 e. The van der Waals surface area contributed by atoms with Crippen LogP contribution in [0.5, 0.6) is 5.75 Å². The van der Waals surface area contributed by atoms with Gasteiger partial charge in [-0.05, 0) is 30.0 Å². The quantitative estimate of drug-likeness (QED) is 0.802. The van der Waals surface area contributed by atoms with Crippen LogP contribution in [0.25, 0.3) is 0 Å². The van der Waals surface area contributed by atoms with E-state index in [4.69, 9.17) is 11.6 Å². The van der Waals surface area contributed by atoms with Crippen LogP contribution in [-0.4, -0.2) is 12.4 Å². The summed E-state index contributed by atoms with van der Waals surface area (Å²) in [6.07, 6.45) is 2.47. The Kier molecular flexibility index (Phi) is 4.99. The normalized spacial score (nSPS) is 22.6. The van der Waals surface area contributed by atoms with Crippen molar-refractivity contribution in [2.45, 2.75) is 32.8 Å². The van der Waals surface area contributed by atoms with Gasteiger partial charge in [0.2, 0.25) is 0 Å². The molecule has 2 nitrogen and oxygen atoms in total. The van der Waals surface area contributed by atoms with E-state index in [0.29, 0.717) is 17.0 Å². The fourth-order valence-electron chi connectivity index (χ4n) is 2.62. The number of carbonyl (C=O) groups is 1. The first kappa shape index (κ1) is 16.0. The largest absolute Gasteiger partial charge is 0.435 e. The van der Waals surface area contributed by atoms with E-state index in [1.807, 2.05) is 19.9 Å². The molecule has 1 aromatic carbocycles. The highest BCUT2D eigenvalue weighted by molar-refractivity contribution is 6.32. The Balaban J connectivity index is 2.33. The lowest BCUT2D eigenvalue weighted by Crippen LogP contribution is -2.29. The molecule has 0 heterocycles. The summed E-state index contributed by atoms with van der Waals surface area (Å²) in [5.41, 5.74) is 0.588. The van der Waals surface area contributed by atoms with Gasteiger partial charge in [-0.15, -0.1) is 0 Å². The third kappa shape index (κ3) is 3.62. The summed E-state index contributed by atoms with van der Waals surface area (Å²) in [4.78, 5) is 12.6. The Labute approximate surface area is 127 Å². The maximum atomic E-state index is 12.6. The van der Waals surface area contributed by atoms with Crippen molar-refractivity contribution in [2.24, 2.45) is 11.8 Å². The van der Waals surface area contributed by atoms with E-state index >= 15 is 0 Å². The molecule has 0 saturated carbocycles. The van der Waals surface area contributed by atoms with Crippen molar-refractivity contribution in [2.75, 3.05) is 0 Å². The Hall–Kier alpha value is -1.42. The lowest BCUT2D eigenvalue weighted by atomic mass is 9.76. The molecule has 0 radical (unpaired) electrons. The molecule has 114 valence electrons. The summed E-state index contributed by atoms with van der Waals surface area (Å²) in [7, 11) is 0.